The number of para-hydroxylation sites is 1. The van der Waals surface area contributed by atoms with E-state index in [9.17, 15) is 15.0 Å². The molecule has 0 saturated heterocycles. The van der Waals surface area contributed by atoms with Crippen LogP contribution in [0.15, 0.2) is 46.0 Å². The van der Waals surface area contributed by atoms with Crippen molar-refractivity contribution in [3.8, 4) is 17.2 Å². The molecule has 6 nitrogen and oxygen atoms in total. The van der Waals surface area contributed by atoms with Gasteiger partial charge in [0.1, 0.15) is 17.2 Å². The van der Waals surface area contributed by atoms with E-state index >= 15 is 0 Å². The van der Waals surface area contributed by atoms with Crippen LogP contribution in [0.3, 0.4) is 0 Å². The summed E-state index contributed by atoms with van der Waals surface area (Å²) in [6, 6.07) is 9.39. The largest absolute Gasteiger partial charge is 0.507 e. The Morgan fingerprint density at radius 3 is 2.73 bits per heavy atom. The van der Waals surface area contributed by atoms with Crippen LogP contribution in [0.25, 0.3) is 0 Å². The van der Waals surface area contributed by atoms with E-state index in [1.165, 1.54) is 25.5 Å². The van der Waals surface area contributed by atoms with E-state index in [1.54, 1.807) is 24.3 Å². The van der Waals surface area contributed by atoms with Crippen molar-refractivity contribution in [3.05, 3.63) is 52.0 Å². The number of carbonyl (C=O) groups excluding carboxylic acids is 1. The standard InChI is InChI=1S/C15H13BrN2O4/c1-22-14-5-3-2-4-10(14)15(21)18-17-8-9-6-11(16)13(20)7-12(9)19/h2-8,19-20H,1H3,(H,18,21)/b17-8-. The molecule has 0 spiro atoms. The highest BCUT2D eigenvalue weighted by molar-refractivity contribution is 9.10. The molecule has 0 radical (unpaired) electrons. The number of ether oxygens (including phenoxy) is 1. The topological polar surface area (TPSA) is 91.2 Å². The fourth-order valence-corrected chi connectivity index (χ4v) is 2.08. The number of aromatic hydroxyl groups is 2. The maximum atomic E-state index is 12.0. The summed E-state index contributed by atoms with van der Waals surface area (Å²) in [6.45, 7) is 0. The summed E-state index contributed by atoms with van der Waals surface area (Å²) >= 11 is 3.13. The maximum absolute atomic E-state index is 12.0. The number of phenolic OH excluding ortho intramolecular Hbond substituents is 2. The molecule has 0 heterocycles. The molecule has 0 bridgehead atoms. The van der Waals surface area contributed by atoms with Gasteiger partial charge in [-0.1, -0.05) is 12.1 Å². The van der Waals surface area contributed by atoms with Gasteiger partial charge in [-0.3, -0.25) is 4.79 Å². The second-order valence-corrected chi connectivity index (χ2v) is 5.12. The molecule has 0 aromatic heterocycles. The monoisotopic (exact) mass is 364 g/mol. The number of benzene rings is 2. The van der Waals surface area contributed by atoms with Gasteiger partial charge in [0.2, 0.25) is 0 Å². The molecule has 22 heavy (non-hydrogen) atoms. The lowest BCUT2D eigenvalue weighted by Crippen LogP contribution is -2.18. The minimum absolute atomic E-state index is 0.0901. The Balaban J connectivity index is 2.12. The Kier molecular flexibility index (Phi) is 5.00. The zero-order valence-electron chi connectivity index (χ0n) is 11.6. The molecule has 7 heteroatoms. The molecule has 0 fully saturated rings. The molecule has 0 atom stereocenters. The van der Waals surface area contributed by atoms with Gasteiger partial charge in [-0.25, -0.2) is 5.43 Å². The minimum Gasteiger partial charge on any atom is -0.507 e. The van der Waals surface area contributed by atoms with Gasteiger partial charge in [-0.15, -0.1) is 0 Å². The van der Waals surface area contributed by atoms with E-state index in [1.807, 2.05) is 0 Å². The summed E-state index contributed by atoms with van der Waals surface area (Å²) in [6.07, 6.45) is 1.27. The van der Waals surface area contributed by atoms with Gasteiger partial charge in [-0.05, 0) is 34.1 Å². The van der Waals surface area contributed by atoms with Crippen LogP contribution in [-0.4, -0.2) is 29.4 Å². The molecule has 2 aromatic rings. The van der Waals surface area contributed by atoms with Crippen LogP contribution in [0.4, 0.5) is 0 Å². The number of carbonyl (C=O) groups is 1. The lowest BCUT2D eigenvalue weighted by atomic mass is 10.2. The lowest BCUT2D eigenvalue weighted by Gasteiger charge is -2.06. The van der Waals surface area contributed by atoms with Crippen LogP contribution in [0.2, 0.25) is 0 Å². The van der Waals surface area contributed by atoms with Crippen molar-refractivity contribution < 1.29 is 19.7 Å². The van der Waals surface area contributed by atoms with Gasteiger partial charge < -0.3 is 14.9 Å². The molecule has 0 aliphatic carbocycles. The number of phenols is 2. The molecule has 1 amide bonds. The molecule has 3 N–H and O–H groups in total. The number of methoxy groups -OCH3 is 1. The first-order valence-electron chi connectivity index (χ1n) is 6.21. The predicted molar refractivity (Wildman–Crippen MR) is 85.5 cm³/mol. The number of rotatable bonds is 4. The summed E-state index contributed by atoms with van der Waals surface area (Å²) in [4.78, 5) is 12.0. The second-order valence-electron chi connectivity index (χ2n) is 4.26. The number of hydrazone groups is 1. The van der Waals surface area contributed by atoms with Crippen molar-refractivity contribution in [2.24, 2.45) is 5.10 Å². The smallest absolute Gasteiger partial charge is 0.275 e. The second kappa shape index (κ2) is 6.95. The molecule has 2 rings (SSSR count). The van der Waals surface area contributed by atoms with E-state index in [2.05, 4.69) is 26.5 Å². The van der Waals surface area contributed by atoms with Crippen molar-refractivity contribution in [2.75, 3.05) is 7.11 Å². The van der Waals surface area contributed by atoms with Gasteiger partial charge in [-0.2, -0.15) is 5.10 Å². The van der Waals surface area contributed by atoms with Gasteiger partial charge in [0.05, 0.1) is 23.4 Å². The predicted octanol–water partition coefficient (Wildman–Crippen LogP) is 2.63. The van der Waals surface area contributed by atoms with Gasteiger partial charge in [0.25, 0.3) is 5.91 Å². The molecular weight excluding hydrogens is 352 g/mol. The van der Waals surface area contributed by atoms with Crippen molar-refractivity contribution in [3.63, 3.8) is 0 Å². The third-order valence-electron chi connectivity index (χ3n) is 2.82. The average Bonchev–Trinajstić information content (AvgIpc) is 2.52. The van der Waals surface area contributed by atoms with Gasteiger partial charge in [0, 0.05) is 11.6 Å². The Bertz CT molecular complexity index is 731. The van der Waals surface area contributed by atoms with Crippen LogP contribution in [0, 0.1) is 0 Å². The molecule has 114 valence electrons. The highest BCUT2D eigenvalue weighted by Crippen LogP contribution is 2.30. The summed E-state index contributed by atoms with van der Waals surface area (Å²) in [7, 11) is 1.47. The summed E-state index contributed by atoms with van der Waals surface area (Å²) in [5, 5.41) is 22.9. The van der Waals surface area contributed by atoms with E-state index < -0.39 is 5.91 Å². The molecular formula is C15H13BrN2O4. The van der Waals surface area contributed by atoms with E-state index in [4.69, 9.17) is 4.74 Å². The van der Waals surface area contributed by atoms with Crippen LogP contribution in [0.1, 0.15) is 15.9 Å². The summed E-state index contributed by atoms with van der Waals surface area (Å²) < 4.78 is 5.50. The third kappa shape index (κ3) is 3.56. The first kappa shape index (κ1) is 15.8. The summed E-state index contributed by atoms with van der Waals surface area (Å²) in [5.41, 5.74) is 3.03. The molecule has 2 aromatic carbocycles. The first-order chi connectivity index (χ1) is 10.5. The normalized spacial score (nSPS) is 10.6. The van der Waals surface area contributed by atoms with Crippen molar-refractivity contribution in [1.82, 2.24) is 5.43 Å². The Labute approximate surface area is 135 Å². The maximum Gasteiger partial charge on any atom is 0.275 e. The zero-order chi connectivity index (χ0) is 16.1. The van der Waals surface area contributed by atoms with Crippen LogP contribution in [0.5, 0.6) is 17.2 Å². The van der Waals surface area contributed by atoms with Crippen molar-refractivity contribution >= 4 is 28.1 Å². The zero-order valence-corrected chi connectivity index (χ0v) is 13.2. The highest BCUT2D eigenvalue weighted by atomic mass is 79.9. The van der Waals surface area contributed by atoms with E-state index in [-0.39, 0.29) is 11.5 Å². The number of hydrogen-bond acceptors (Lipinski definition) is 5. The van der Waals surface area contributed by atoms with Crippen LogP contribution in [-0.2, 0) is 0 Å². The number of nitrogens with zero attached hydrogens (tertiary/aromatic N) is 1. The SMILES string of the molecule is COc1ccccc1C(=O)N/N=C\c1cc(Br)c(O)cc1O. The van der Waals surface area contributed by atoms with Crippen LogP contribution >= 0.6 is 15.9 Å². The van der Waals surface area contributed by atoms with Gasteiger partial charge in [0.15, 0.2) is 0 Å². The molecule has 0 unspecified atom stereocenters. The number of halogens is 1. The van der Waals surface area contributed by atoms with Gasteiger partial charge >= 0.3 is 0 Å². The summed E-state index contributed by atoms with van der Waals surface area (Å²) in [5.74, 6) is -0.250. The number of nitrogens with one attached hydrogen (secondary N) is 1. The number of hydrogen-bond donors (Lipinski definition) is 3. The fraction of sp³-hybridized carbons (Fsp3) is 0.0667. The Hall–Kier alpha value is -2.54. The molecule has 0 aliphatic heterocycles. The molecule has 0 aliphatic rings. The Morgan fingerprint density at radius 1 is 1.27 bits per heavy atom. The van der Waals surface area contributed by atoms with E-state index in [0.717, 1.165) is 0 Å². The van der Waals surface area contributed by atoms with Crippen LogP contribution < -0.4 is 10.2 Å². The highest BCUT2D eigenvalue weighted by Gasteiger charge is 2.10. The lowest BCUT2D eigenvalue weighted by molar-refractivity contribution is 0.0952. The molecule has 0 saturated carbocycles. The average molecular weight is 365 g/mol. The fourth-order valence-electron chi connectivity index (χ4n) is 1.72. The Morgan fingerprint density at radius 2 is 2.00 bits per heavy atom. The van der Waals surface area contributed by atoms with Crippen molar-refractivity contribution in [2.45, 2.75) is 0 Å². The quantitative estimate of drug-likeness (QED) is 0.574. The number of amides is 1. The third-order valence-corrected chi connectivity index (χ3v) is 3.45. The van der Waals surface area contributed by atoms with Crippen molar-refractivity contribution in [1.29, 1.82) is 0 Å². The first-order valence-corrected chi connectivity index (χ1v) is 7.00. The van der Waals surface area contributed by atoms with E-state index in [0.29, 0.717) is 21.3 Å². The minimum atomic E-state index is -0.439.